The average Bonchev–Trinajstić information content (AvgIpc) is 3.19. The van der Waals surface area contributed by atoms with Crippen LogP contribution < -0.4 is 11.1 Å². The van der Waals surface area contributed by atoms with E-state index in [0.29, 0.717) is 0 Å². The van der Waals surface area contributed by atoms with E-state index >= 15 is 0 Å². The number of nitrogens with zero attached hydrogens (tertiary/aromatic N) is 1. The lowest BCUT2D eigenvalue weighted by molar-refractivity contribution is 1.18. The zero-order valence-electron chi connectivity index (χ0n) is 18.1. The number of aromatic nitrogens is 1. The van der Waals surface area contributed by atoms with Gasteiger partial charge in [0, 0.05) is 33.5 Å². The average molecular weight is 426 g/mol. The molecule has 0 amide bonds. The van der Waals surface area contributed by atoms with Crippen molar-refractivity contribution in [2.24, 2.45) is 0 Å². The largest absolute Gasteiger partial charge is 0.399 e. The van der Waals surface area contributed by atoms with Gasteiger partial charge in [0.25, 0.3) is 0 Å². The lowest BCUT2D eigenvalue weighted by atomic mass is 10.1. The number of benzene rings is 5. The van der Waals surface area contributed by atoms with Crippen LogP contribution in [0.5, 0.6) is 0 Å². The highest BCUT2D eigenvalue weighted by Crippen LogP contribution is 2.34. The van der Waals surface area contributed by atoms with Crippen LogP contribution in [0.25, 0.3) is 38.6 Å². The van der Waals surface area contributed by atoms with Crippen molar-refractivity contribution in [2.45, 2.75) is 0 Å². The van der Waals surface area contributed by atoms with Gasteiger partial charge in [0.05, 0.1) is 11.0 Å². The topological polar surface area (TPSA) is 43.0 Å². The summed E-state index contributed by atoms with van der Waals surface area (Å²) in [5.74, 6) is 0. The number of hydrogen-bond donors (Lipinski definition) is 2. The van der Waals surface area contributed by atoms with Gasteiger partial charge in [-0.15, -0.1) is 0 Å². The summed E-state index contributed by atoms with van der Waals surface area (Å²) >= 11 is 0. The van der Waals surface area contributed by atoms with Crippen LogP contribution >= 0.6 is 0 Å². The smallest absolute Gasteiger partial charge is 0.0561 e. The number of para-hydroxylation sites is 1. The summed E-state index contributed by atoms with van der Waals surface area (Å²) in [5, 5.41) is 6.04. The van der Waals surface area contributed by atoms with Crippen LogP contribution in [0.2, 0.25) is 0 Å². The lowest BCUT2D eigenvalue weighted by Gasteiger charge is -2.11. The SMILES string of the molecule is Nc1ccc(-n2c3ccccc3c3ccc(Nc4ccc(-c5ccccc5)cc4)cc32)cc1. The summed E-state index contributed by atoms with van der Waals surface area (Å²) in [7, 11) is 0. The van der Waals surface area contributed by atoms with Crippen molar-refractivity contribution in [1.29, 1.82) is 0 Å². The molecule has 33 heavy (non-hydrogen) atoms. The second-order valence-corrected chi connectivity index (χ2v) is 8.24. The highest BCUT2D eigenvalue weighted by atomic mass is 15.0. The Balaban J connectivity index is 1.41. The van der Waals surface area contributed by atoms with Crippen molar-refractivity contribution in [3.05, 3.63) is 121 Å². The highest BCUT2D eigenvalue weighted by molar-refractivity contribution is 6.10. The second-order valence-electron chi connectivity index (χ2n) is 8.24. The molecule has 6 rings (SSSR count). The molecule has 1 aromatic heterocycles. The normalized spacial score (nSPS) is 11.2. The van der Waals surface area contributed by atoms with Crippen LogP contribution in [0.1, 0.15) is 0 Å². The van der Waals surface area contributed by atoms with Crippen molar-refractivity contribution >= 4 is 38.9 Å². The molecular weight excluding hydrogens is 402 g/mol. The van der Waals surface area contributed by atoms with Crippen molar-refractivity contribution in [3.63, 3.8) is 0 Å². The van der Waals surface area contributed by atoms with Gasteiger partial charge in [-0.25, -0.2) is 0 Å². The van der Waals surface area contributed by atoms with E-state index in [1.54, 1.807) is 0 Å². The fourth-order valence-electron chi connectivity index (χ4n) is 4.49. The first-order valence-corrected chi connectivity index (χ1v) is 11.1. The number of fused-ring (bicyclic) bond motifs is 3. The summed E-state index contributed by atoms with van der Waals surface area (Å²) in [4.78, 5) is 0. The Hall–Kier alpha value is -4.50. The molecule has 0 radical (unpaired) electrons. The standard InChI is InChI=1S/C30H23N3/c31-23-12-17-26(18-13-23)33-29-9-5-4-8-27(29)28-19-16-25(20-30(28)33)32-24-14-10-22(11-15-24)21-6-2-1-3-7-21/h1-20,32H,31H2. The summed E-state index contributed by atoms with van der Waals surface area (Å²) in [6.07, 6.45) is 0. The van der Waals surface area contributed by atoms with Crippen LogP contribution in [0.3, 0.4) is 0 Å². The van der Waals surface area contributed by atoms with Gasteiger partial charge < -0.3 is 15.6 Å². The number of hydrogen-bond acceptors (Lipinski definition) is 2. The molecule has 3 N–H and O–H groups in total. The monoisotopic (exact) mass is 425 g/mol. The van der Waals surface area contributed by atoms with Gasteiger partial charge in [0.1, 0.15) is 0 Å². The molecule has 5 aromatic carbocycles. The van der Waals surface area contributed by atoms with Gasteiger partial charge in [0.15, 0.2) is 0 Å². The van der Waals surface area contributed by atoms with Gasteiger partial charge in [0.2, 0.25) is 0 Å². The van der Waals surface area contributed by atoms with Crippen LogP contribution in [0.15, 0.2) is 121 Å². The Bertz CT molecular complexity index is 1560. The van der Waals surface area contributed by atoms with E-state index in [4.69, 9.17) is 5.73 Å². The third kappa shape index (κ3) is 3.50. The highest BCUT2D eigenvalue weighted by Gasteiger charge is 2.12. The molecule has 3 heteroatoms. The van der Waals surface area contributed by atoms with Crippen LogP contribution in [0.4, 0.5) is 17.1 Å². The minimum Gasteiger partial charge on any atom is -0.399 e. The summed E-state index contributed by atoms with van der Waals surface area (Å²) in [5.41, 5.74) is 14.7. The quantitative estimate of drug-likeness (QED) is 0.283. The number of anilines is 3. The molecule has 0 fully saturated rings. The first kappa shape index (κ1) is 19.2. The van der Waals surface area contributed by atoms with Crippen molar-refractivity contribution in [2.75, 3.05) is 11.1 Å². The Morgan fingerprint density at radius 2 is 1.15 bits per heavy atom. The Morgan fingerprint density at radius 1 is 0.515 bits per heavy atom. The van der Waals surface area contributed by atoms with E-state index < -0.39 is 0 Å². The third-order valence-corrected chi connectivity index (χ3v) is 6.11. The second kappa shape index (κ2) is 7.88. The van der Waals surface area contributed by atoms with Crippen molar-refractivity contribution in [3.8, 4) is 16.8 Å². The molecule has 1 heterocycles. The molecule has 0 saturated heterocycles. The Kier molecular flexibility index (Phi) is 4.59. The van der Waals surface area contributed by atoms with Gasteiger partial charge >= 0.3 is 0 Å². The predicted octanol–water partition coefficient (Wildman–Crippen LogP) is 7.78. The number of nitrogen functional groups attached to an aromatic ring is 1. The summed E-state index contributed by atoms with van der Waals surface area (Å²) < 4.78 is 2.30. The van der Waals surface area contributed by atoms with Gasteiger partial charge in [-0.05, 0) is 65.7 Å². The molecule has 0 saturated carbocycles. The van der Waals surface area contributed by atoms with Gasteiger partial charge in [-0.2, -0.15) is 0 Å². The lowest BCUT2D eigenvalue weighted by Crippen LogP contribution is -1.95. The van der Waals surface area contributed by atoms with Gasteiger partial charge in [-0.3, -0.25) is 0 Å². The zero-order chi connectivity index (χ0) is 22.2. The van der Waals surface area contributed by atoms with E-state index in [1.807, 2.05) is 18.2 Å². The molecular formula is C30H23N3. The number of nitrogens with two attached hydrogens (primary N) is 1. The molecule has 0 aliphatic rings. The van der Waals surface area contributed by atoms with Gasteiger partial charge in [-0.1, -0.05) is 66.7 Å². The van der Waals surface area contributed by atoms with E-state index in [1.165, 1.54) is 27.4 Å². The Morgan fingerprint density at radius 3 is 1.94 bits per heavy atom. The molecule has 6 aromatic rings. The molecule has 0 atom stereocenters. The first-order valence-electron chi connectivity index (χ1n) is 11.1. The molecule has 0 aliphatic heterocycles. The van der Waals surface area contributed by atoms with E-state index in [-0.39, 0.29) is 0 Å². The molecule has 0 bridgehead atoms. The predicted molar refractivity (Wildman–Crippen MR) is 140 cm³/mol. The summed E-state index contributed by atoms with van der Waals surface area (Å²) in [6.45, 7) is 0. The van der Waals surface area contributed by atoms with Crippen LogP contribution in [-0.2, 0) is 0 Å². The molecule has 0 spiro atoms. The fourth-order valence-corrected chi connectivity index (χ4v) is 4.49. The van der Waals surface area contributed by atoms with Crippen molar-refractivity contribution < 1.29 is 0 Å². The molecule has 3 nitrogen and oxygen atoms in total. The molecule has 0 unspecified atom stereocenters. The minimum atomic E-state index is 0.765. The zero-order valence-corrected chi connectivity index (χ0v) is 18.1. The maximum atomic E-state index is 5.94. The minimum absolute atomic E-state index is 0.765. The third-order valence-electron chi connectivity index (χ3n) is 6.11. The molecule has 158 valence electrons. The number of rotatable bonds is 4. The fraction of sp³-hybridized carbons (Fsp3) is 0. The maximum absolute atomic E-state index is 5.94. The Labute approximate surface area is 192 Å². The van der Waals surface area contributed by atoms with E-state index in [9.17, 15) is 0 Å². The maximum Gasteiger partial charge on any atom is 0.0561 e. The van der Waals surface area contributed by atoms with Crippen molar-refractivity contribution in [1.82, 2.24) is 4.57 Å². The van der Waals surface area contributed by atoms with E-state index in [0.717, 1.165) is 28.3 Å². The van der Waals surface area contributed by atoms with E-state index in [2.05, 4.69) is 113 Å². The number of nitrogens with one attached hydrogen (secondary N) is 1. The first-order chi connectivity index (χ1) is 16.3. The van der Waals surface area contributed by atoms with Crippen LogP contribution in [-0.4, -0.2) is 4.57 Å². The molecule has 0 aliphatic carbocycles. The van der Waals surface area contributed by atoms with Crippen LogP contribution in [0, 0.1) is 0 Å². The summed E-state index contributed by atoms with van der Waals surface area (Å²) in [6, 6.07) is 42.1.